The molecular formula is C16H18N2O. The zero-order valence-corrected chi connectivity index (χ0v) is 11.1. The standard InChI is InChI=1S/C16H18N2O/c1-11(17)13-7-8-18-16(10-13)19-15-6-5-12-3-2-4-14(12)9-15/h5-11H,2-4,17H2,1H3. The highest BCUT2D eigenvalue weighted by atomic mass is 16.5. The summed E-state index contributed by atoms with van der Waals surface area (Å²) in [5.74, 6) is 1.46. The molecule has 1 heterocycles. The molecule has 1 aromatic heterocycles. The van der Waals surface area contributed by atoms with Crippen LogP contribution in [0.2, 0.25) is 0 Å². The molecular weight excluding hydrogens is 236 g/mol. The molecule has 19 heavy (non-hydrogen) atoms. The van der Waals surface area contributed by atoms with Gasteiger partial charge < -0.3 is 10.5 Å². The fourth-order valence-corrected chi connectivity index (χ4v) is 2.50. The molecule has 0 amide bonds. The van der Waals surface area contributed by atoms with Gasteiger partial charge in [-0.1, -0.05) is 6.07 Å². The van der Waals surface area contributed by atoms with Crippen LogP contribution >= 0.6 is 0 Å². The van der Waals surface area contributed by atoms with Crippen molar-refractivity contribution in [1.82, 2.24) is 4.98 Å². The third kappa shape index (κ3) is 2.61. The van der Waals surface area contributed by atoms with Crippen molar-refractivity contribution in [1.29, 1.82) is 0 Å². The molecule has 98 valence electrons. The van der Waals surface area contributed by atoms with Crippen LogP contribution in [0.25, 0.3) is 0 Å². The molecule has 1 atom stereocenters. The lowest BCUT2D eigenvalue weighted by Gasteiger charge is -2.09. The highest BCUT2D eigenvalue weighted by Crippen LogP contribution is 2.28. The van der Waals surface area contributed by atoms with E-state index in [2.05, 4.69) is 17.1 Å². The van der Waals surface area contributed by atoms with Crippen molar-refractivity contribution in [2.24, 2.45) is 5.73 Å². The zero-order chi connectivity index (χ0) is 13.2. The fourth-order valence-electron chi connectivity index (χ4n) is 2.50. The maximum atomic E-state index is 5.87. The first-order valence-corrected chi connectivity index (χ1v) is 6.73. The minimum Gasteiger partial charge on any atom is -0.439 e. The molecule has 0 fully saturated rings. The monoisotopic (exact) mass is 254 g/mol. The molecule has 0 bridgehead atoms. The van der Waals surface area contributed by atoms with Crippen LogP contribution in [0.4, 0.5) is 0 Å². The summed E-state index contributed by atoms with van der Waals surface area (Å²) in [5, 5.41) is 0. The van der Waals surface area contributed by atoms with Gasteiger partial charge in [0.25, 0.3) is 0 Å². The first-order chi connectivity index (χ1) is 9.22. The lowest BCUT2D eigenvalue weighted by molar-refractivity contribution is 0.461. The molecule has 0 aliphatic heterocycles. The molecule has 1 aliphatic rings. The van der Waals surface area contributed by atoms with E-state index in [1.165, 1.54) is 24.0 Å². The first-order valence-electron chi connectivity index (χ1n) is 6.73. The third-order valence-electron chi connectivity index (χ3n) is 3.58. The van der Waals surface area contributed by atoms with Crippen LogP contribution in [0.5, 0.6) is 11.6 Å². The Bertz CT molecular complexity index is 593. The van der Waals surface area contributed by atoms with Crippen molar-refractivity contribution >= 4 is 0 Å². The number of hydrogen-bond donors (Lipinski definition) is 1. The van der Waals surface area contributed by atoms with Gasteiger partial charge in [0.05, 0.1) is 0 Å². The quantitative estimate of drug-likeness (QED) is 0.913. The number of nitrogens with two attached hydrogens (primary N) is 1. The Kier molecular flexibility index (Phi) is 3.22. The van der Waals surface area contributed by atoms with E-state index in [9.17, 15) is 0 Å². The van der Waals surface area contributed by atoms with Crippen molar-refractivity contribution in [2.75, 3.05) is 0 Å². The molecule has 1 aromatic carbocycles. The van der Waals surface area contributed by atoms with Crippen molar-refractivity contribution in [2.45, 2.75) is 32.2 Å². The Hall–Kier alpha value is -1.87. The topological polar surface area (TPSA) is 48.1 Å². The normalized spacial score (nSPS) is 15.1. The molecule has 0 radical (unpaired) electrons. The average Bonchev–Trinajstić information content (AvgIpc) is 2.86. The van der Waals surface area contributed by atoms with E-state index >= 15 is 0 Å². The van der Waals surface area contributed by atoms with Crippen LogP contribution in [-0.2, 0) is 12.8 Å². The van der Waals surface area contributed by atoms with E-state index in [-0.39, 0.29) is 6.04 Å². The summed E-state index contributed by atoms with van der Waals surface area (Å²) in [4.78, 5) is 4.23. The molecule has 2 aromatic rings. The summed E-state index contributed by atoms with van der Waals surface area (Å²) in [7, 11) is 0. The Labute approximate surface area is 113 Å². The van der Waals surface area contributed by atoms with E-state index in [1.54, 1.807) is 6.20 Å². The van der Waals surface area contributed by atoms with Crippen molar-refractivity contribution in [3.8, 4) is 11.6 Å². The second-order valence-electron chi connectivity index (χ2n) is 5.10. The smallest absolute Gasteiger partial charge is 0.219 e. The summed E-state index contributed by atoms with van der Waals surface area (Å²) in [6.07, 6.45) is 5.33. The summed E-state index contributed by atoms with van der Waals surface area (Å²) in [6.45, 7) is 1.95. The summed E-state index contributed by atoms with van der Waals surface area (Å²) >= 11 is 0. The number of nitrogens with zero attached hydrogens (tertiary/aromatic N) is 1. The Morgan fingerprint density at radius 2 is 2.00 bits per heavy atom. The molecule has 1 unspecified atom stereocenters. The number of benzene rings is 1. The summed E-state index contributed by atoms with van der Waals surface area (Å²) < 4.78 is 5.83. The van der Waals surface area contributed by atoms with Gasteiger partial charge >= 0.3 is 0 Å². The van der Waals surface area contributed by atoms with Gasteiger partial charge in [0.1, 0.15) is 5.75 Å². The van der Waals surface area contributed by atoms with Crippen LogP contribution in [0.3, 0.4) is 0 Å². The predicted octanol–water partition coefficient (Wildman–Crippen LogP) is 3.38. The zero-order valence-electron chi connectivity index (χ0n) is 11.1. The Morgan fingerprint density at radius 3 is 2.84 bits per heavy atom. The van der Waals surface area contributed by atoms with Gasteiger partial charge in [-0.05, 0) is 61.1 Å². The molecule has 0 saturated heterocycles. The molecule has 0 saturated carbocycles. The van der Waals surface area contributed by atoms with E-state index in [1.807, 2.05) is 25.1 Å². The fraction of sp³-hybridized carbons (Fsp3) is 0.312. The second kappa shape index (κ2) is 5.02. The van der Waals surface area contributed by atoms with Gasteiger partial charge in [0.2, 0.25) is 5.88 Å². The van der Waals surface area contributed by atoms with Crippen LogP contribution in [0, 0.1) is 0 Å². The van der Waals surface area contributed by atoms with Crippen molar-refractivity contribution in [3.05, 3.63) is 53.2 Å². The van der Waals surface area contributed by atoms with Crippen molar-refractivity contribution in [3.63, 3.8) is 0 Å². The number of fused-ring (bicyclic) bond motifs is 1. The van der Waals surface area contributed by atoms with Crippen LogP contribution < -0.4 is 10.5 Å². The SMILES string of the molecule is CC(N)c1ccnc(Oc2ccc3c(c2)CCC3)c1. The Balaban J connectivity index is 1.83. The van der Waals surface area contributed by atoms with Gasteiger partial charge in [-0.25, -0.2) is 4.98 Å². The van der Waals surface area contributed by atoms with E-state index in [0.29, 0.717) is 5.88 Å². The number of aromatic nitrogens is 1. The lowest BCUT2D eigenvalue weighted by Crippen LogP contribution is -2.05. The maximum absolute atomic E-state index is 5.87. The molecule has 3 nitrogen and oxygen atoms in total. The van der Waals surface area contributed by atoms with E-state index < -0.39 is 0 Å². The lowest BCUT2D eigenvalue weighted by atomic mass is 10.1. The number of hydrogen-bond acceptors (Lipinski definition) is 3. The minimum absolute atomic E-state index is 0.00892. The van der Waals surface area contributed by atoms with Crippen LogP contribution in [0.15, 0.2) is 36.5 Å². The van der Waals surface area contributed by atoms with Gasteiger partial charge in [0.15, 0.2) is 0 Å². The molecule has 3 rings (SSSR count). The number of pyridine rings is 1. The highest BCUT2D eigenvalue weighted by molar-refractivity contribution is 5.40. The third-order valence-corrected chi connectivity index (χ3v) is 3.58. The highest BCUT2D eigenvalue weighted by Gasteiger charge is 2.12. The van der Waals surface area contributed by atoms with E-state index in [0.717, 1.165) is 17.7 Å². The van der Waals surface area contributed by atoms with E-state index in [4.69, 9.17) is 10.5 Å². The van der Waals surface area contributed by atoms with Crippen molar-refractivity contribution < 1.29 is 4.74 Å². The Morgan fingerprint density at radius 1 is 1.16 bits per heavy atom. The summed E-state index contributed by atoms with van der Waals surface area (Å²) in [5.41, 5.74) is 9.75. The second-order valence-corrected chi connectivity index (χ2v) is 5.10. The largest absolute Gasteiger partial charge is 0.439 e. The molecule has 0 spiro atoms. The number of aryl methyl sites for hydroxylation is 2. The first kappa shape index (κ1) is 12.2. The molecule has 2 N–H and O–H groups in total. The maximum Gasteiger partial charge on any atom is 0.219 e. The van der Waals surface area contributed by atoms with Gasteiger partial charge in [-0.2, -0.15) is 0 Å². The van der Waals surface area contributed by atoms with Gasteiger partial charge in [-0.15, -0.1) is 0 Å². The van der Waals surface area contributed by atoms with Crippen LogP contribution in [0.1, 0.15) is 36.1 Å². The molecule has 1 aliphatic carbocycles. The number of rotatable bonds is 3. The van der Waals surface area contributed by atoms with Gasteiger partial charge in [0, 0.05) is 18.3 Å². The predicted molar refractivity (Wildman–Crippen MR) is 75.4 cm³/mol. The summed E-state index contributed by atoms with van der Waals surface area (Å²) in [6, 6.07) is 10.1. The average molecular weight is 254 g/mol. The minimum atomic E-state index is -0.00892. The van der Waals surface area contributed by atoms with Gasteiger partial charge in [-0.3, -0.25) is 0 Å². The number of ether oxygens (including phenoxy) is 1. The molecule has 3 heteroatoms. The van der Waals surface area contributed by atoms with Crippen LogP contribution in [-0.4, -0.2) is 4.98 Å².